The molecule has 0 atom stereocenters. The Morgan fingerprint density at radius 3 is 1.70 bits per heavy atom. The summed E-state index contributed by atoms with van der Waals surface area (Å²) in [7, 11) is 5.37. The zero-order valence-electron chi connectivity index (χ0n) is 22.8. The number of methoxy groups -OCH3 is 1. The van der Waals surface area contributed by atoms with Crippen molar-refractivity contribution in [1.82, 2.24) is 10.6 Å². The largest absolute Gasteiger partial charge is 0.494 e. The Hall–Kier alpha value is -2.83. The van der Waals surface area contributed by atoms with Crippen molar-refractivity contribution in [3.8, 4) is 11.5 Å². The van der Waals surface area contributed by atoms with Gasteiger partial charge >= 0.3 is 5.97 Å². The smallest absolute Gasteiger partial charge is 0.305 e. The van der Waals surface area contributed by atoms with E-state index >= 15 is 0 Å². The van der Waals surface area contributed by atoms with Gasteiger partial charge in [0.15, 0.2) is 0 Å². The third kappa shape index (κ3) is 9.20. The Balaban J connectivity index is 1.92. The number of rotatable bonds is 16. The number of carbonyl (C=O) groups is 1. The van der Waals surface area contributed by atoms with E-state index in [1.54, 1.807) is 0 Å². The lowest BCUT2D eigenvalue weighted by atomic mass is 9.83. The molecule has 202 valence electrons. The minimum atomic E-state index is -0.162. The Kier molecular flexibility index (Phi) is 12.5. The maximum absolute atomic E-state index is 12.1. The highest BCUT2D eigenvalue weighted by Gasteiger charge is 2.25. The molecule has 2 N–H and O–H groups in total. The summed E-state index contributed by atoms with van der Waals surface area (Å²) in [6.07, 6.45) is 7.83. The van der Waals surface area contributed by atoms with E-state index in [0.717, 1.165) is 48.6 Å². The fourth-order valence-corrected chi connectivity index (χ4v) is 5.00. The van der Waals surface area contributed by atoms with Crippen LogP contribution in [0.1, 0.15) is 62.5 Å². The number of carbonyl (C=O) groups excluding carboxylic acids is 1. The third-order valence-electron chi connectivity index (χ3n) is 6.96. The molecular formula is C31H44N2O4. The van der Waals surface area contributed by atoms with Gasteiger partial charge in [-0.1, -0.05) is 42.7 Å². The van der Waals surface area contributed by atoms with E-state index in [-0.39, 0.29) is 5.97 Å². The minimum Gasteiger partial charge on any atom is -0.494 e. The summed E-state index contributed by atoms with van der Waals surface area (Å²) >= 11 is 0. The summed E-state index contributed by atoms with van der Waals surface area (Å²) in [5.74, 6) is 2.07. The number of benzene rings is 2. The molecule has 0 heterocycles. The van der Waals surface area contributed by atoms with Gasteiger partial charge in [0, 0.05) is 6.42 Å². The molecule has 0 bridgehead atoms. The van der Waals surface area contributed by atoms with Gasteiger partial charge in [-0.3, -0.25) is 4.79 Å². The average molecular weight is 509 g/mol. The van der Waals surface area contributed by atoms with Crippen LogP contribution in [0.25, 0.3) is 5.57 Å². The summed E-state index contributed by atoms with van der Waals surface area (Å²) < 4.78 is 16.9. The first kappa shape index (κ1) is 28.7. The van der Waals surface area contributed by atoms with E-state index in [2.05, 4.69) is 59.2 Å². The fourth-order valence-electron chi connectivity index (χ4n) is 5.00. The molecule has 37 heavy (non-hydrogen) atoms. The summed E-state index contributed by atoms with van der Waals surface area (Å²) in [5, 5.41) is 6.30. The van der Waals surface area contributed by atoms with Gasteiger partial charge in [-0.25, -0.2) is 0 Å². The van der Waals surface area contributed by atoms with Crippen molar-refractivity contribution in [3.05, 3.63) is 65.2 Å². The molecule has 2 aromatic carbocycles. The van der Waals surface area contributed by atoms with Crippen LogP contribution in [0.2, 0.25) is 0 Å². The molecule has 1 aliphatic rings. The molecule has 2 aromatic rings. The second kappa shape index (κ2) is 16.1. The Labute approximate surface area is 222 Å². The Morgan fingerprint density at radius 1 is 0.784 bits per heavy atom. The van der Waals surface area contributed by atoms with Crippen LogP contribution in [0.15, 0.2) is 54.1 Å². The molecule has 0 spiro atoms. The maximum atomic E-state index is 12.1. The first-order valence-corrected chi connectivity index (χ1v) is 13.7. The van der Waals surface area contributed by atoms with E-state index in [1.165, 1.54) is 43.9 Å². The van der Waals surface area contributed by atoms with Crippen molar-refractivity contribution >= 4 is 11.5 Å². The van der Waals surface area contributed by atoms with E-state index in [4.69, 9.17) is 14.2 Å². The Bertz CT molecular complexity index is 906. The monoisotopic (exact) mass is 508 g/mol. The quantitative estimate of drug-likeness (QED) is 0.227. The normalized spacial score (nSPS) is 13.4. The van der Waals surface area contributed by atoms with Crippen LogP contribution in [0.5, 0.6) is 11.5 Å². The van der Waals surface area contributed by atoms with E-state index < -0.39 is 0 Å². The molecule has 3 rings (SSSR count). The van der Waals surface area contributed by atoms with Crippen molar-refractivity contribution in [2.45, 2.75) is 51.4 Å². The van der Waals surface area contributed by atoms with Crippen LogP contribution in [0.4, 0.5) is 0 Å². The molecule has 1 aliphatic carbocycles. The van der Waals surface area contributed by atoms with Crippen molar-refractivity contribution in [3.63, 3.8) is 0 Å². The van der Waals surface area contributed by atoms with Crippen LogP contribution in [-0.4, -0.2) is 53.5 Å². The predicted molar refractivity (Wildman–Crippen MR) is 150 cm³/mol. The molecule has 0 unspecified atom stereocenters. The maximum Gasteiger partial charge on any atom is 0.305 e. The van der Waals surface area contributed by atoms with Crippen molar-refractivity contribution in [2.24, 2.45) is 5.92 Å². The number of hydrogen-bond acceptors (Lipinski definition) is 6. The topological polar surface area (TPSA) is 68.8 Å². The molecule has 1 saturated carbocycles. The lowest BCUT2D eigenvalue weighted by Gasteiger charge is -2.22. The van der Waals surface area contributed by atoms with Crippen LogP contribution in [0, 0.1) is 5.92 Å². The summed E-state index contributed by atoms with van der Waals surface area (Å²) in [5.41, 5.74) is 4.88. The first-order valence-electron chi connectivity index (χ1n) is 13.7. The average Bonchev–Trinajstić information content (AvgIpc) is 3.47. The van der Waals surface area contributed by atoms with Crippen LogP contribution >= 0.6 is 0 Å². The summed E-state index contributed by atoms with van der Waals surface area (Å²) in [6, 6.07) is 16.8. The number of esters is 1. The van der Waals surface area contributed by atoms with E-state index in [0.29, 0.717) is 32.0 Å². The first-order chi connectivity index (χ1) is 18.2. The van der Waals surface area contributed by atoms with Crippen molar-refractivity contribution < 1.29 is 19.0 Å². The minimum absolute atomic E-state index is 0.162. The number of hydrogen-bond donors (Lipinski definition) is 2. The van der Waals surface area contributed by atoms with Gasteiger partial charge in [0.05, 0.1) is 20.3 Å². The standard InChI is InChI=1S/C31H44N2O4/c1-32-20-6-22-36-27-14-10-25(11-15-27)31(26-12-16-28(17-13-26)37-23-7-21-33-2)29(18-19-30(34)35-3)24-8-4-5-9-24/h10-17,24,32-33H,4-9,18-23H2,1-3H3. The van der Waals surface area contributed by atoms with Crippen LogP contribution in [0.3, 0.4) is 0 Å². The summed E-state index contributed by atoms with van der Waals surface area (Å²) in [4.78, 5) is 12.1. The lowest BCUT2D eigenvalue weighted by Crippen LogP contribution is -2.11. The van der Waals surface area contributed by atoms with Crippen LogP contribution < -0.4 is 20.1 Å². The second-order valence-electron chi connectivity index (χ2n) is 9.62. The highest BCUT2D eigenvalue weighted by Crippen LogP contribution is 2.41. The van der Waals surface area contributed by atoms with Gasteiger partial charge in [0.1, 0.15) is 11.5 Å². The molecule has 1 fully saturated rings. The van der Waals surface area contributed by atoms with Crippen molar-refractivity contribution in [1.29, 1.82) is 0 Å². The third-order valence-corrected chi connectivity index (χ3v) is 6.96. The molecule has 0 aliphatic heterocycles. The zero-order chi connectivity index (χ0) is 26.3. The molecule has 6 nitrogen and oxygen atoms in total. The molecule has 0 amide bonds. The number of nitrogens with one attached hydrogen (secondary N) is 2. The van der Waals surface area contributed by atoms with E-state index in [1.807, 2.05) is 14.1 Å². The molecule has 6 heteroatoms. The Morgan fingerprint density at radius 2 is 1.27 bits per heavy atom. The van der Waals surface area contributed by atoms with Gasteiger partial charge in [0.25, 0.3) is 0 Å². The molecular weight excluding hydrogens is 464 g/mol. The lowest BCUT2D eigenvalue weighted by molar-refractivity contribution is -0.140. The highest BCUT2D eigenvalue weighted by molar-refractivity contribution is 5.83. The van der Waals surface area contributed by atoms with Crippen molar-refractivity contribution in [2.75, 3.05) is 47.5 Å². The van der Waals surface area contributed by atoms with Gasteiger partial charge in [-0.2, -0.15) is 0 Å². The second-order valence-corrected chi connectivity index (χ2v) is 9.62. The van der Waals surface area contributed by atoms with Gasteiger partial charge in [0.2, 0.25) is 0 Å². The SMILES string of the molecule is CNCCCOc1ccc(C(=C(CCC(=O)OC)C2CCCC2)c2ccc(OCCCNC)cc2)cc1. The number of allylic oxidation sites excluding steroid dienone is 1. The zero-order valence-corrected chi connectivity index (χ0v) is 22.8. The fraction of sp³-hybridized carbons (Fsp3) is 0.516. The molecule has 0 radical (unpaired) electrons. The van der Waals surface area contributed by atoms with E-state index in [9.17, 15) is 4.79 Å². The van der Waals surface area contributed by atoms with Crippen LogP contribution in [-0.2, 0) is 9.53 Å². The van der Waals surface area contributed by atoms with Gasteiger partial charge in [-0.05, 0) is 106 Å². The number of ether oxygens (including phenoxy) is 3. The predicted octanol–water partition coefficient (Wildman–Crippen LogP) is 5.61. The highest BCUT2D eigenvalue weighted by atomic mass is 16.5. The molecule has 0 saturated heterocycles. The summed E-state index contributed by atoms with van der Waals surface area (Å²) in [6.45, 7) is 3.24. The van der Waals surface area contributed by atoms with Gasteiger partial charge in [-0.15, -0.1) is 0 Å². The van der Waals surface area contributed by atoms with Gasteiger partial charge < -0.3 is 24.8 Å². The molecule has 0 aromatic heterocycles.